The number of aliphatic hydroxyl groups excluding tert-OH is 1. The van der Waals surface area contributed by atoms with E-state index >= 15 is 0 Å². The van der Waals surface area contributed by atoms with Crippen LogP contribution in [0.15, 0.2) is 12.1 Å². The molecule has 0 radical (unpaired) electrons. The molecule has 1 N–H and O–H groups in total. The van der Waals surface area contributed by atoms with Gasteiger partial charge >= 0.3 is 0 Å². The smallest absolute Gasteiger partial charge is 0.134 e. The largest absolute Gasteiger partial charge is 0.386 e. The van der Waals surface area contributed by atoms with Gasteiger partial charge in [-0.15, -0.1) is 0 Å². The van der Waals surface area contributed by atoms with E-state index in [0.29, 0.717) is 12.1 Å². The molecule has 1 heterocycles. The molecule has 1 saturated heterocycles. The lowest BCUT2D eigenvalue weighted by Crippen LogP contribution is -2.42. The number of nitrogens with zero attached hydrogens (tertiary/aromatic N) is 2. The molecule has 0 spiro atoms. The Labute approximate surface area is 118 Å². The van der Waals surface area contributed by atoms with Gasteiger partial charge in [0.2, 0.25) is 0 Å². The fourth-order valence-corrected chi connectivity index (χ4v) is 2.79. The van der Waals surface area contributed by atoms with Crippen LogP contribution in [0.3, 0.4) is 0 Å². The van der Waals surface area contributed by atoms with Gasteiger partial charge in [0.1, 0.15) is 17.7 Å². The summed E-state index contributed by atoms with van der Waals surface area (Å²) >= 11 is 0. The van der Waals surface area contributed by atoms with Gasteiger partial charge in [0.15, 0.2) is 0 Å². The lowest BCUT2D eigenvalue weighted by atomic mass is 9.98. The predicted octanol–water partition coefficient (Wildman–Crippen LogP) is 1.94. The van der Waals surface area contributed by atoms with Crippen LogP contribution in [-0.2, 0) is 0 Å². The number of benzene rings is 1. The Hall–Kier alpha value is -1.04. The minimum Gasteiger partial charge on any atom is -0.386 e. The van der Waals surface area contributed by atoms with Crippen molar-refractivity contribution in [3.8, 4) is 0 Å². The molecular formula is C15H22F2N2O. The summed E-state index contributed by atoms with van der Waals surface area (Å²) in [5.41, 5.74) is 0.141. The zero-order valence-electron chi connectivity index (χ0n) is 12.2. The summed E-state index contributed by atoms with van der Waals surface area (Å²) in [5, 5.41) is 10.5. The summed E-state index contributed by atoms with van der Waals surface area (Å²) in [6.45, 7) is 3.89. The van der Waals surface area contributed by atoms with E-state index in [0.717, 1.165) is 19.5 Å². The van der Waals surface area contributed by atoms with Gasteiger partial charge in [0.25, 0.3) is 0 Å². The number of aliphatic hydroxyl groups is 1. The van der Waals surface area contributed by atoms with Crippen LogP contribution in [0.2, 0.25) is 0 Å². The average Bonchev–Trinajstić information content (AvgIpc) is 2.56. The Morgan fingerprint density at radius 3 is 2.65 bits per heavy atom. The van der Waals surface area contributed by atoms with Crippen molar-refractivity contribution in [1.29, 1.82) is 0 Å². The highest BCUT2D eigenvalue weighted by atomic mass is 19.1. The Morgan fingerprint density at radius 2 is 1.95 bits per heavy atom. The van der Waals surface area contributed by atoms with E-state index in [4.69, 9.17) is 0 Å². The van der Waals surface area contributed by atoms with Crippen molar-refractivity contribution in [3.63, 3.8) is 0 Å². The fraction of sp³-hybridized carbons (Fsp3) is 0.600. The molecule has 1 aromatic rings. The molecular weight excluding hydrogens is 262 g/mol. The summed E-state index contributed by atoms with van der Waals surface area (Å²) in [5.74, 6) is -1.32. The average molecular weight is 284 g/mol. The minimum absolute atomic E-state index is 0.211. The first kappa shape index (κ1) is 15.4. The minimum atomic E-state index is -1.17. The molecule has 0 aliphatic carbocycles. The van der Waals surface area contributed by atoms with Gasteiger partial charge in [-0.05, 0) is 52.2 Å². The van der Waals surface area contributed by atoms with E-state index < -0.39 is 17.7 Å². The van der Waals surface area contributed by atoms with Crippen molar-refractivity contribution in [1.82, 2.24) is 9.80 Å². The quantitative estimate of drug-likeness (QED) is 0.899. The monoisotopic (exact) mass is 284 g/mol. The van der Waals surface area contributed by atoms with Crippen LogP contribution in [-0.4, -0.2) is 54.7 Å². The molecule has 0 aromatic heterocycles. The number of likely N-dealkylation sites (N-methyl/N-ethyl adjacent to an activating group) is 2. The highest BCUT2D eigenvalue weighted by molar-refractivity contribution is 5.29. The summed E-state index contributed by atoms with van der Waals surface area (Å²) in [4.78, 5) is 4.07. The van der Waals surface area contributed by atoms with Crippen molar-refractivity contribution in [2.45, 2.75) is 25.5 Å². The molecule has 1 aliphatic rings. The van der Waals surface area contributed by atoms with E-state index in [9.17, 15) is 13.9 Å². The zero-order valence-corrected chi connectivity index (χ0v) is 12.2. The molecule has 5 heteroatoms. The normalized spacial score (nSPS) is 23.6. The predicted molar refractivity (Wildman–Crippen MR) is 74.6 cm³/mol. The highest BCUT2D eigenvalue weighted by Gasteiger charge is 2.32. The van der Waals surface area contributed by atoms with E-state index in [1.807, 2.05) is 19.0 Å². The van der Waals surface area contributed by atoms with Crippen LogP contribution >= 0.6 is 0 Å². The number of hydrogen-bond donors (Lipinski definition) is 1. The van der Waals surface area contributed by atoms with Gasteiger partial charge in [-0.1, -0.05) is 6.07 Å². The van der Waals surface area contributed by atoms with Gasteiger partial charge < -0.3 is 10.0 Å². The third-order valence-electron chi connectivity index (χ3n) is 4.10. The molecule has 112 valence electrons. The van der Waals surface area contributed by atoms with Gasteiger partial charge in [-0.2, -0.15) is 0 Å². The Morgan fingerprint density at radius 1 is 1.25 bits per heavy atom. The second-order valence-electron chi connectivity index (χ2n) is 5.70. The maximum atomic E-state index is 14.2. The molecule has 1 aliphatic heterocycles. The molecule has 0 bridgehead atoms. The second-order valence-corrected chi connectivity index (χ2v) is 5.70. The molecule has 1 aromatic carbocycles. The molecule has 20 heavy (non-hydrogen) atoms. The molecule has 2 unspecified atom stereocenters. The van der Waals surface area contributed by atoms with Crippen LogP contribution in [0.4, 0.5) is 8.78 Å². The Balaban J connectivity index is 2.34. The van der Waals surface area contributed by atoms with Gasteiger partial charge in [-0.3, -0.25) is 4.90 Å². The van der Waals surface area contributed by atoms with Gasteiger partial charge in [-0.25, -0.2) is 8.78 Å². The van der Waals surface area contributed by atoms with E-state index in [2.05, 4.69) is 4.90 Å². The molecule has 2 rings (SSSR count). The number of rotatable bonds is 2. The van der Waals surface area contributed by atoms with Crippen LogP contribution in [0.1, 0.15) is 23.7 Å². The van der Waals surface area contributed by atoms with E-state index in [1.165, 1.54) is 12.1 Å². The summed E-state index contributed by atoms with van der Waals surface area (Å²) in [7, 11) is 3.85. The lowest BCUT2D eigenvalue weighted by molar-refractivity contribution is 0.0520. The SMILES string of the molecule is Cc1ccc(F)c(C(O)C2CN(C)CCCN2C)c1F. The fourth-order valence-electron chi connectivity index (χ4n) is 2.79. The molecule has 0 saturated carbocycles. The second kappa shape index (κ2) is 6.16. The van der Waals surface area contributed by atoms with Crippen molar-refractivity contribution in [2.75, 3.05) is 33.7 Å². The zero-order chi connectivity index (χ0) is 14.9. The molecule has 2 atom stereocenters. The summed E-state index contributed by atoms with van der Waals surface area (Å²) < 4.78 is 28.1. The molecule has 0 amide bonds. The first-order chi connectivity index (χ1) is 9.41. The summed E-state index contributed by atoms with van der Waals surface area (Å²) in [6.07, 6.45) is -0.185. The van der Waals surface area contributed by atoms with Crippen molar-refractivity contribution in [2.24, 2.45) is 0 Å². The number of hydrogen-bond acceptors (Lipinski definition) is 3. The van der Waals surface area contributed by atoms with Crippen molar-refractivity contribution in [3.05, 3.63) is 34.9 Å². The lowest BCUT2D eigenvalue weighted by Gasteiger charge is -2.32. The van der Waals surface area contributed by atoms with Crippen LogP contribution in [0.25, 0.3) is 0 Å². The first-order valence-electron chi connectivity index (χ1n) is 6.93. The van der Waals surface area contributed by atoms with Crippen molar-refractivity contribution >= 4 is 0 Å². The van der Waals surface area contributed by atoms with Crippen LogP contribution < -0.4 is 0 Å². The standard InChI is InChI=1S/C15H22F2N2O/c1-10-5-6-11(16)13(14(10)17)15(20)12-9-18(2)7-4-8-19(12)3/h5-6,12,15,20H,4,7-9H2,1-3H3. The topological polar surface area (TPSA) is 26.7 Å². The van der Waals surface area contributed by atoms with E-state index in [-0.39, 0.29) is 11.6 Å². The third kappa shape index (κ3) is 3.00. The maximum absolute atomic E-state index is 14.2. The maximum Gasteiger partial charge on any atom is 0.134 e. The third-order valence-corrected chi connectivity index (χ3v) is 4.10. The van der Waals surface area contributed by atoms with Crippen LogP contribution in [0, 0.1) is 18.6 Å². The van der Waals surface area contributed by atoms with Crippen LogP contribution in [0.5, 0.6) is 0 Å². The molecule has 3 nitrogen and oxygen atoms in total. The Kier molecular flexibility index (Phi) is 4.73. The van der Waals surface area contributed by atoms with E-state index in [1.54, 1.807) is 6.92 Å². The Bertz CT molecular complexity index is 481. The highest BCUT2D eigenvalue weighted by Crippen LogP contribution is 2.28. The van der Waals surface area contributed by atoms with Gasteiger partial charge in [0, 0.05) is 6.54 Å². The number of aryl methyl sites for hydroxylation is 1. The molecule has 1 fully saturated rings. The first-order valence-corrected chi connectivity index (χ1v) is 6.93. The van der Waals surface area contributed by atoms with Gasteiger partial charge in [0.05, 0.1) is 11.6 Å². The van der Waals surface area contributed by atoms with Crippen molar-refractivity contribution < 1.29 is 13.9 Å². The summed E-state index contributed by atoms with van der Waals surface area (Å²) in [6, 6.07) is 2.30. The number of halogens is 2.